The molecule has 144 valence electrons. The van der Waals surface area contributed by atoms with E-state index < -0.39 is 10.0 Å². The van der Waals surface area contributed by atoms with Crippen LogP contribution in [-0.2, 0) is 14.8 Å². The summed E-state index contributed by atoms with van der Waals surface area (Å²) in [6.07, 6.45) is 0.306. The summed E-state index contributed by atoms with van der Waals surface area (Å²) in [5.41, 5.74) is 0.604. The van der Waals surface area contributed by atoms with Crippen molar-refractivity contribution >= 4 is 33.1 Å². The number of sulfonamides is 1. The van der Waals surface area contributed by atoms with Gasteiger partial charge in [-0.1, -0.05) is 30.3 Å². The molecular weight excluding hydrogens is 384 g/mol. The molecule has 27 heavy (non-hydrogen) atoms. The molecule has 0 bridgehead atoms. The van der Waals surface area contributed by atoms with E-state index >= 15 is 0 Å². The SMILES string of the molecule is Cc1ccc(S(=O)(=O)N2CCN(C(=O)CCC(=O)c3ccccc3)CC2)s1. The molecule has 1 fully saturated rings. The molecule has 0 unspecified atom stereocenters. The van der Waals surface area contributed by atoms with Gasteiger partial charge in [-0.3, -0.25) is 9.59 Å². The number of piperazine rings is 1. The van der Waals surface area contributed by atoms with Gasteiger partial charge in [0.2, 0.25) is 5.91 Å². The summed E-state index contributed by atoms with van der Waals surface area (Å²) < 4.78 is 27.0. The molecule has 0 saturated carbocycles. The minimum atomic E-state index is -3.49. The van der Waals surface area contributed by atoms with Crippen molar-refractivity contribution in [2.75, 3.05) is 26.2 Å². The van der Waals surface area contributed by atoms with Crippen LogP contribution in [0.1, 0.15) is 28.1 Å². The minimum Gasteiger partial charge on any atom is -0.340 e. The second-order valence-corrected chi connectivity index (χ2v) is 9.89. The molecule has 0 N–H and O–H groups in total. The maximum absolute atomic E-state index is 12.6. The lowest BCUT2D eigenvalue weighted by Crippen LogP contribution is -2.50. The number of rotatable bonds is 6. The molecule has 0 spiro atoms. The molecule has 1 aromatic carbocycles. The van der Waals surface area contributed by atoms with Crippen molar-refractivity contribution < 1.29 is 18.0 Å². The van der Waals surface area contributed by atoms with Gasteiger partial charge in [0.1, 0.15) is 4.21 Å². The first-order valence-corrected chi connectivity index (χ1v) is 11.1. The number of thiophene rings is 1. The molecule has 1 aliphatic rings. The Morgan fingerprint density at radius 2 is 1.63 bits per heavy atom. The monoisotopic (exact) mass is 406 g/mol. The lowest BCUT2D eigenvalue weighted by Gasteiger charge is -2.33. The average Bonchev–Trinajstić information content (AvgIpc) is 3.14. The molecule has 3 rings (SSSR count). The van der Waals surface area contributed by atoms with Crippen molar-refractivity contribution in [2.45, 2.75) is 24.0 Å². The van der Waals surface area contributed by atoms with Crippen LogP contribution in [0.25, 0.3) is 0 Å². The van der Waals surface area contributed by atoms with E-state index in [0.29, 0.717) is 22.9 Å². The molecule has 6 nitrogen and oxygen atoms in total. The topological polar surface area (TPSA) is 74.8 Å². The predicted molar refractivity (Wildman–Crippen MR) is 104 cm³/mol. The zero-order valence-electron chi connectivity index (χ0n) is 15.1. The molecule has 0 atom stereocenters. The minimum absolute atomic E-state index is 0.0572. The van der Waals surface area contributed by atoms with Gasteiger partial charge in [0.25, 0.3) is 10.0 Å². The Morgan fingerprint density at radius 3 is 2.22 bits per heavy atom. The Kier molecular flexibility index (Phi) is 6.08. The van der Waals surface area contributed by atoms with Crippen molar-refractivity contribution in [2.24, 2.45) is 0 Å². The third-order valence-electron chi connectivity index (χ3n) is 4.56. The molecule has 1 amide bonds. The van der Waals surface area contributed by atoms with E-state index in [4.69, 9.17) is 0 Å². The average molecular weight is 407 g/mol. The molecule has 8 heteroatoms. The summed E-state index contributed by atoms with van der Waals surface area (Å²) in [6.45, 7) is 3.12. The van der Waals surface area contributed by atoms with E-state index in [0.717, 1.165) is 4.88 Å². The molecule has 0 aliphatic carbocycles. The normalized spacial score (nSPS) is 15.7. The second-order valence-electron chi connectivity index (χ2n) is 6.44. The smallest absolute Gasteiger partial charge is 0.252 e. The number of Topliss-reactive ketones (excluding diaryl/α,β-unsaturated/α-hetero) is 1. The predicted octanol–water partition coefficient (Wildman–Crippen LogP) is 2.55. The van der Waals surface area contributed by atoms with Crippen LogP contribution in [0.3, 0.4) is 0 Å². The highest BCUT2D eigenvalue weighted by Crippen LogP contribution is 2.25. The highest BCUT2D eigenvalue weighted by atomic mass is 32.2. The van der Waals surface area contributed by atoms with E-state index in [2.05, 4.69) is 0 Å². The van der Waals surface area contributed by atoms with Gasteiger partial charge >= 0.3 is 0 Å². The summed E-state index contributed by atoms with van der Waals surface area (Å²) in [5.74, 6) is -0.165. The van der Waals surface area contributed by atoms with Crippen LogP contribution < -0.4 is 0 Å². The lowest BCUT2D eigenvalue weighted by atomic mass is 10.1. The number of hydrogen-bond donors (Lipinski definition) is 0. The van der Waals surface area contributed by atoms with Gasteiger partial charge < -0.3 is 4.90 Å². The van der Waals surface area contributed by atoms with E-state index in [1.54, 1.807) is 41.3 Å². The summed E-state index contributed by atoms with van der Waals surface area (Å²) >= 11 is 1.26. The van der Waals surface area contributed by atoms with Gasteiger partial charge in [-0.05, 0) is 19.1 Å². The van der Waals surface area contributed by atoms with Crippen molar-refractivity contribution in [3.8, 4) is 0 Å². The standard InChI is InChI=1S/C19H22N2O4S2/c1-15-7-10-19(26-15)27(24,25)21-13-11-20(12-14-21)18(23)9-8-17(22)16-5-3-2-4-6-16/h2-7,10H,8-9,11-14H2,1H3. The van der Waals surface area contributed by atoms with E-state index in [1.165, 1.54) is 15.6 Å². The fourth-order valence-corrected chi connectivity index (χ4v) is 5.86. The van der Waals surface area contributed by atoms with Crippen LogP contribution in [-0.4, -0.2) is 55.5 Å². The number of aryl methyl sites for hydroxylation is 1. The Morgan fingerprint density at radius 1 is 0.963 bits per heavy atom. The van der Waals surface area contributed by atoms with E-state index in [9.17, 15) is 18.0 Å². The van der Waals surface area contributed by atoms with Crippen LogP contribution in [0.5, 0.6) is 0 Å². The summed E-state index contributed by atoms with van der Waals surface area (Å²) in [5, 5.41) is 0. The highest BCUT2D eigenvalue weighted by molar-refractivity contribution is 7.91. The Hall–Kier alpha value is -2.03. The number of carbonyl (C=O) groups is 2. The molecule has 2 heterocycles. The van der Waals surface area contributed by atoms with Gasteiger partial charge in [-0.25, -0.2) is 8.42 Å². The largest absolute Gasteiger partial charge is 0.340 e. The van der Waals surface area contributed by atoms with Crippen molar-refractivity contribution in [1.29, 1.82) is 0 Å². The van der Waals surface area contributed by atoms with Gasteiger partial charge in [0, 0.05) is 49.5 Å². The lowest BCUT2D eigenvalue weighted by molar-refractivity contribution is -0.132. The van der Waals surface area contributed by atoms with Crippen LogP contribution in [0.15, 0.2) is 46.7 Å². The van der Waals surface area contributed by atoms with Gasteiger partial charge in [0.15, 0.2) is 5.78 Å². The third kappa shape index (κ3) is 4.63. The maximum Gasteiger partial charge on any atom is 0.252 e. The number of benzene rings is 1. The zero-order valence-corrected chi connectivity index (χ0v) is 16.8. The fraction of sp³-hybridized carbons (Fsp3) is 0.368. The van der Waals surface area contributed by atoms with E-state index in [1.807, 2.05) is 13.0 Å². The Labute approximate surface area is 163 Å². The van der Waals surface area contributed by atoms with Crippen LogP contribution in [0.2, 0.25) is 0 Å². The van der Waals surface area contributed by atoms with Crippen molar-refractivity contribution in [1.82, 2.24) is 9.21 Å². The zero-order chi connectivity index (χ0) is 19.4. The van der Waals surface area contributed by atoms with Gasteiger partial charge in [-0.15, -0.1) is 11.3 Å². The Balaban J connectivity index is 1.51. The van der Waals surface area contributed by atoms with Crippen LogP contribution in [0, 0.1) is 6.92 Å². The molecule has 0 radical (unpaired) electrons. The molecule has 2 aromatic rings. The number of nitrogens with zero attached hydrogens (tertiary/aromatic N) is 2. The fourth-order valence-electron chi connectivity index (χ4n) is 3.00. The first-order chi connectivity index (χ1) is 12.9. The molecule has 1 aliphatic heterocycles. The number of carbonyl (C=O) groups excluding carboxylic acids is 2. The van der Waals surface area contributed by atoms with Crippen LogP contribution in [0.4, 0.5) is 0 Å². The van der Waals surface area contributed by atoms with Gasteiger partial charge in [0.05, 0.1) is 0 Å². The highest BCUT2D eigenvalue weighted by Gasteiger charge is 2.31. The number of hydrogen-bond acceptors (Lipinski definition) is 5. The Bertz CT molecular complexity index is 914. The second kappa shape index (κ2) is 8.33. The number of amides is 1. The molecule has 1 aromatic heterocycles. The summed E-state index contributed by atoms with van der Waals surface area (Å²) in [6, 6.07) is 12.3. The van der Waals surface area contributed by atoms with Crippen molar-refractivity contribution in [3.63, 3.8) is 0 Å². The third-order valence-corrected chi connectivity index (χ3v) is 7.93. The molecular formula is C19H22N2O4S2. The first kappa shape index (κ1) is 19.7. The molecule has 1 saturated heterocycles. The van der Waals surface area contributed by atoms with Crippen molar-refractivity contribution in [3.05, 3.63) is 52.9 Å². The maximum atomic E-state index is 12.6. The van der Waals surface area contributed by atoms with Gasteiger partial charge in [-0.2, -0.15) is 4.31 Å². The number of ketones is 1. The summed E-state index contributed by atoms with van der Waals surface area (Å²) in [4.78, 5) is 27.1. The van der Waals surface area contributed by atoms with Crippen LogP contribution >= 0.6 is 11.3 Å². The first-order valence-electron chi connectivity index (χ1n) is 8.80. The van der Waals surface area contributed by atoms with E-state index in [-0.39, 0.29) is 37.6 Å². The quantitative estimate of drug-likeness (QED) is 0.691. The summed E-state index contributed by atoms with van der Waals surface area (Å²) in [7, 11) is -3.49.